The number of ether oxygens (including phenoxy) is 2. The molecule has 0 unspecified atom stereocenters. The van der Waals surface area contributed by atoms with E-state index in [0.717, 1.165) is 75.7 Å². The number of carboxylic acids is 2. The van der Waals surface area contributed by atoms with Crippen molar-refractivity contribution in [3.8, 4) is 0 Å². The summed E-state index contributed by atoms with van der Waals surface area (Å²) in [6.45, 7) is 0.564. The maximum Gasteiger partial charge on any atom is 0.331 e. The molecule has 2 N–H and O–H groups in total. The Morgan fingerprint density at radius 1 is 0.538 bits per heavy atom. The van der Waals surface area contributed by atoms with Gasteiger partial charge in [0.2, 0.25) is 0 Å². The lowest BCUT2D eigenvalue weighted by Crippen LogP contribution is -2.03. The second kappa shape index (κ2) is 15.9. The molecule has 0 bridgehead atoms. The van der Waals surface area contributed by atoms with E-state index in [0.29, 0.717) is 0 Å². The van der Waals surface area contributed by atoms with E-state index >= 15 is 0 Å². The summed E-state index contributed by atoms with van der Waals surface area (Å²) in [6.07, 6.45) is 10.8. The number of esters is 2. The number of hydrogen-bond donors (Lipinski definition) is 2. The van der Waals surface area contributed by atoms with Crippen LogP contribution in [0, 0.1) is 0 Å². The number of unbranched alkanes of at least 4 members (excludes halogenated alkanes) is 7. The predicted octanol–water partition coefficient (Wildman–Crippen LogP) is 2.48. The zero-order chi connectivity index (χ0) is 19.6. The van der Waals surface area contributed by atoms with E-state index < -0.39 is 23.9 Å². The smallest absolute Gasteiger partial charge is 0.331 e. The van der Waals surface area contributed by atoms with Crippen molar-refractivity contribution in [2.24, 2.45) is 0 Å². The molecule has 0 aromatic rings. The first-order valence-corrected chi connectivity index (χ1v) is 8.57. The summed E-state index contributed by atoms with van der Waals surface area (Å²) in [5.74, 6) is -3.66. The molecule has 0 radical (unpaired) electrons. The van der Waals surface area contributed by atoms with Crippen molar-refractivity contribution in [1.82, 2.24) is 0 Å². The number of carbonyl (C=O) groups excluding carboxylic acids is 2. The zero-order valence-corrected chi connectivity index (χ0v) is 14.7. The van der Waals surface area contributed by atoms with Gasteiger partial charge in [-0.1, -0.05) is 38.5 Å². The normalized spacial score (nSPS) is 10.9. The summed E-state index contributed by atoms with van der Waals surface area (Å²) in [7, 11) is 0. The molecule has 0 fully saturated rings. The Balaban J connectivity index is 3.34. The largest absolute Gasteiger partial charge is 0.478 e. The van der Waals surface area contributed by atoms with Gasteiger partial charge in [0, 0.05) is 24.3 Å². The zero-order valence-electron chi connectivity index (χ0n) is 14.7. The highest BCUT2D eigenvalue weighted by atomic mass is 16.5. The van der Waals surface area contributed by atoms with Crippen LogP contribution in [0.5, 0.6) is 0 Å². The van der Waals surface area contributed by atoms with Crippen molar-refractivity contribution >= 4 is 23.9 Å². The third-order valence-electron chi connectivity index (χ3n) is 3.25. The summed E-state index contributed by atoms with van der Waals surface area (Å²) in [5, 5.41) is 16.7. The third kappa shape index (κ3) is 17.7. The molecule has 26 heavy (non-hydrogen) atoms. The molecule has 0 saturated carbocycles. The number of carbonyl (C=O) groups is 4. The molecule has 0 aromatic heterocycles. The average Bonchev–Trinajstić information content (AvgIpc) is 2.59. The van der Waals surface area contributed by atoms with Gasteiger partial charge in [0.15, 0.2) is 0 Å². The SMILES string of the molecule is O=C(O)/C=C/C(=O)OCCCCCCCCCCOC(=O)/C=C/C(=O)O. The second-order valence-corrected chi connectivity index (χ2v) is 5.51. The van der Waals surface area contributed by atoms with Gasteiger partial charge in [0.1, 0.15) is 0 Å². The van der Waals surface area contributed by atoms with E-state index in [9.17, 15) is 19.2 Å². The fourth-order valence-corrected chi connectivity index (χ4v) is 1.99. The second-order valence-electron chi connectivity index (χ2n) is 5.51. The molecule has 0 rings (SSSR count). The molecule has 0 aliphatic rings. The summed E-state index contributed by atoms with van der Waals surface area (Å²) >= 11 is 0. The van der Waals surface area contributed by atoms with Crippen LogP contribution in [0.1, 0.15) is 51.4 Å². The van der Waals surface area contributed by atoms with Crippen molar-refractivity contribution in [3.63, 3.8) is 0 Å². The molecule has 0 atom stereocenters. The fourth-order valence-electron chi connectivity index (χ4n) is 1.99. The highest BCUT2D eigenvalue weighted by molar-refractivity contribution is 5.91. The van der Waals surface area contributed by atoms with Crippen LogP contribution in [0.25, 0.3) is 0 Å². The van der Waals surface area contributed by atoms with Gasteiger partial charge in [-0.2, -0.15) is 0 Å². The van der Waals surface area contributed by atoms with Gasteiger partial charge in [-0.05, 0) is 12.8 Å². The molecular formula is C18H26O8. The number of rotatable bonds is 15. The van der Waals surface area contributed by atoms with Crippen molar-refractivity contribution in [2.45, 2.75) is 51.4 Å². The first-order chi connectivity index (χ1) is 12.4. The number of aliphatic carboxylic acids is 2. The Morgan fingerprint density at radius 2 is 0.846 bits per heavy atom. The highest BCUT2D eigenvalue weighted by Gasteiger charge is 2.00. The van der Waals surface area contributed by atoms with Gasteiger partial charge in [-0.25, -0.2) is 19.2 Å². The number of hydrogen-bond acceptors (Lipinski definition) is 6. The van der Waals surface area contributed by atoms with Crippen LogP contribution in [0.15, 0.2) is 24.3 Å². The Bertz CT molecular complexity index is 461. The van der Waals surface area contributed by atoms with Crippen LogP contribution in [-0.2, 0) is 28.7 Å². The number of carboxylic acid groups (broad SMARTS) is 2. The third-order valence-corrected chi connectivity index (χ3v) is 3.25. The van der Waals surface area contributed by atoms with Crippen molar-refractivity contribution in [2.75, 3.05) is 13.2 Å². The Morgan fingerprint density at radius 3 is 1.15 bits per heavy atom. The van der Waals surface area contributed by atoms with Crippen LogP contribution < -0.4 is 0 Å². The van der Waals surface area contributed by atoms with Crippen molar-refractivity contribution in [1.29, 1.82) is 0 Å². The van der Waals surface area contributed by atoms with Gasteiger partial charge >= 0.3 is 23.9 Å². The summed E-state index contributed by atoms with van der Waals surface area (Å²) in [4.78, 5) is 42.6. The van der Waals surface area contributed by atoms with E-state index in [4.69, 9.17) is 19.7 Å². The van der Waals surface area contributed by atoms with Crippen LogP contribution in [-0.4, -0.2) is 47.3 Å². The van der Waals surface area contributed by atoms with Crippen LogP contribution >= 0.6 is 0 Å². The van der Waals surface area contributed by atoms with Crippen molar-refractivity contribution in [3.05, 3.63) is 24.3 Å². The van der Waals surface area contributed by atoms with E-state index in [2.05, 4.69) is 0 Å². The quantitative estimate of drug-likeness (QED) is 0.256. The van der Waals surface area contributed by atoms with Gasteiger partial charge in [-0.15, -0.1) is 0 Å². The Labute approximate surface area is 152 Å². The minimum atomic E-state index is -1.19. The maximum absolute atomic E-state index is 11.1. The Kier molecular flexibility index (Phi) is 14.3. The molecule has 8 nitrogen and oxygen atoms in total. The highest BCUT2D eigenvalue weighted by Crippen LogP contribution is 2.09. The molecule has 0 amide bonds. The Hall–Kier alpha value is -2.64. The molecule has 0 heterocycles. The molecule has 0 aromatic carbocycles. The first-order valence-electron chi connectivity index (χ1n) is 8.57. The summed E-state index contributed by atoms with van der Waals surface area (Å²) < 4.78 is 9.69. The van der Waals surface area contributed by atoms with Gasteiger partial charge in [-0.3, -0.25) is 0 Å². The molecule has 0 saturated heterocycles. The van der Waals surface area contributed by atoms with E-state index in [1.807, 2.05) is 0 Å². The molecule has 146 valence electrons. The lowest BCUT2D eigenvalue weighted by atomic mass is 10.1. The molecule has 0 spiro atoms. The monoisotopic (exact) mass is 370 g/mol. The fraction of sp³-hybridized carbons (Fsp3) is 0.556. The van der Waals surface area contributed by atoms with Crippen LogP contribution in [0.4, 0.5) is 0 Å². The van der Waals surface area contributed by atoms with E-state index in [1.165, 1.54) is 0 Å². The van der Waals surface area contributed by atoms with Crippen LogP contribution in [0.2, 0.25) is 0 Å². The predicted molar refractivity (Wildman–Crippen MR) is 92.4 cm³/mol. The lowest BCUT2D eigenvalue weighted by Gasteiger charge is -2.04. The summed E-state index contributed by atoms with van der Waals surface area (Å²) in [6, 6.07) is 0. The lowest BCUT2D eigenvalue weighted by molar-refractivity contribution is -0.139. The minimum Gasteiger partial charge on any atom is -0.478 e. The average molecular weight is 370 g/mol. The molecule has 0 aliphatic carbocycles. The molecular weight excluding hydrogens is 344 g/mol. The van der Waals surface area contributed by atoms with Gasteiger partial charge in [0.25, 0.3) is 0 Å². The maximum atomic E-state index is 11.1. The topological polar surface area (TPSA) is 127 Å². The van der Waals surface area contributed by atoms with Gasteiger partial charge < -0.3 is 19.7 Å². The van der Waals surface area contributed by atoms with Crippen molar-refractivity contribution < 1.29 is 38.9 Å². The minimum absolute atomic E-state index is 0.282. The summed E-state index contributed by atoms with van der Waals surface area (Å²) in [5.41, 5.74) is 0. The standard InChI is InChI=1S/C18H26O8/c19-15(20)9-11-17(23)25-13-7-5-3-1-2-4-6-8-14-26-18(24)12-10-16(21)22/h9-12H,1-8,13-14H2,(H,19,20)(H,21,22)/b11-9+,12-10+. The van der Waals surface area contributed by atoms with E-state index in [-0.39, 0.29) is 13.2 Å². The van der Waals surface area contributed by atoms with Gasteiger partial charge in [0.05, 0.1) is 13.2 Å². The van der Waals surface area contributed by atoms with E-state index in [1.54, 1.807) is 0 Å². The molecule has 8 heteroatoms. The molecule has 0 aliphatic heterocycles. The van der Waals surface area contributed by atoms with Crippen LogP contribution in [0.3, 0.4) is 0 Å². The first kappa shape index (κ1) is 23.4.